The fourth-order valence-corrected chi connectivity index (χ4v) is 2.36. The smallest absolute Gasteiger partial charge is 0.277 e. The first-order chi connectivity index (χ1) is 11.4. The molecular formula is C17H25N5O2. The number of hydrogen-bond acceptors (Lipinski definition) is 5. The summed E-state index contributed by atoms with van der Waals surface area (Å²) in [6.45, 7) is 4.96. The Hall–Kier alpha value is -2.28. The van der Waals surface area contributed by atoms with E-state index in [1.807, 2.05) is 0 Å². The van der Waals surface area contributed by atoms with Crippen LogP contribution in [0, 0.1) is 5.92 Å². The molecule has 1 aromatic heterocycles. The number of amides is 1. The van der Waals surface area contributed by atoms with Crippen molar-refractivity contribution in [2.45, 2.75) is 39.3 Å². The molecule has 0 aliphatic heterocycles. The quantitative estimate of drug-likeness (QED) is 0.817. The molecule has 7 heteroatoms. The zero-order valence-electron chi connectivity index (χ0n) is 14.5. The van der Waals surface area contributed by atoms with Crippen molar-refractivity contribution >= 4 is 16.8 Å². The lowest BCUT2D eigenvalue weighted by atomic mass is 10.0. The van der Waals surface area contributed by atoms with Crippen LogP contribution in [0.1, 0.15) is 26.7 Å². The van der Waals surface area contributed by atoms with Crippen molar-refractivity contribution in [1.29, 1.82) is 0 Å². The first-order valence-corrected chi connectivity index (χ1v) is 8.22. The molecule has 0 aliphatic rings. The number of rotatable bonds is 7. The number of carbonyl (C=O) groups excluding carboxylic acids is 1. The first kappa shape index (κ1) is 18.1. The number of nitrogens with two attached hydrogens (primary N) is 1. The summed E-state index contributed by atoms with van der Waals surface area (Å²) in [5, 5.41) is 8.42. The van der Waals surface area contributed by atoms with Crippen molar-refractivity contribution in [3.63, 3.8) is 0 Å². The van der Waals surface area contributed by atoms with Crippen LogP contribution < -0.4 is 11.3 Å². The molecule has 0 saturated heterocycles. The highest BCUT2D eigenvalue weighted by Gasteiger charge is 2.14. The van der Waals surface area contributed by atoms with Crippen LogP contribution in [0.15, 0.2) is 29.1 Å². The molecule has 2 N–H and O–H groups in total. The average molecular weight is 331 g/mol. The molecule has 1 aromatic carbocycles. The fourth-order valence-electron chi connectivity index (χ4n) is 2.36. The molecule has 0 radical (unpaired) electrons. The van der Waals surface area contributed by atoms with Crippen molar-refractivity contribution in [2.75, 3.05) is 13.6 Å². The second kappa shape index (κ2) is 8.01. The van der Waals surface area contributed by atoms with E-state index in [0.29, 0.717) is 23.4 Å². The van der Waals surface area contributed by atoms with Crippen LogP contribution in [-0.4, -0.2) is 45.4 Å². The summed E-state index contributed by atoms with van der Waals surface area (Å²) in [6, 6.07) is 7.12. The summed E-state index contributed by atoms with van der Waals surface area (Å²) >= 11 is 0. The van der Waals surface area contributed by atoms with Gasteiger partial charge in [0.05, 0.1) is 11.9 Å². The Labute approximate surface area is 141 Å². The van der Waals surface area contributed by atoms with E-state index >= 15 is 0 Å². The van der Waals surface area contributed by atoms with E-state index in [0.717, 1.165) is 6.42 Å². The Bertz CT molecular complexity index is 756. The number of aromatic nitrogens is 3. The van der Waals surface area contributed by atoms with Crippen LogP contribution in [-0.2, 0) is 11.3 Å². The maximum Gasteiger partial charge on any atom is 0.277 e. The van der Waals surface area contributed by atoms with Gasteiger partial charge >= 0.3 is 0 Å². The van der Waals surface area contributed by atoms with Gasteiger partial charge in [0.15, 0.2) is 0 Å². The zero-order valence-corrected chi connectivity index (χ0v) is 14.5. The summed E-state index contributed by atoms with van der Waals surface area (Å²) in [5.41, 5.74) is 6.34. The van der Waals surface area contributed by atoms with Gasteiger partial charge in [-0.1, -0.05) is 31.2 Å². The Balaban J connectivity index is 1.94. The van der Waals surface area contributed by atoms with Crippen LogP contribution in [0.4, 0.5) is 0 Å². The molecular weight excluding hydrogens is 306 g/mol. The van der Waals surface area contributed by atoms with Crippen molar-refractivity contribution in [1.82, 2.24) is 19.9 Å². The zero-order chi connectivity index (χ0) is 17.7. The summed E-state index contributed by atoms with van der Waals surface area (Å²) in [5.74, 6) is 0.354. The summed E-state index contributed by atoms with van der Waals surface area (Å²) in [6.07, 6.45) is 0.968. The fraction of sp³-hybridized carbons (Fsp3) is 0.529. The highest BCUT2D eigenvalue weighted by molar-refractivity contribution is 5.77. The van der Waals surface area contributed by atoms with E-state index in [9.17, 15) is 9.59 Å². The molecule has 2 rings (SSSR count). The lowest BCUT2D eigenvalue weighted by Crippen LogP contribution is -2.35. The maximum atomic E-state index is 12.3. The van der Waals surface area contributed by atoms with E-state index in [4.69, 9.17) is 5.73 Å². The predicted octanol–water partition coefficient (Wildman–Crippen LogP) is 1.01. The van der Waals surface area contributed by atoms with Gasteiger partial charge < -0.3 is 10.6 Å². The highest BCUT2D eigenvalue weighted by atomic mass is 16.2. The molecule has 0 saturated carbocycles. The number of hydrogen-bond donors (Lipinski definition) is 1. The molecule has 0 spiro atoms. The third-order valence-corrected chi connectivity index (χ3v) is 4.25. The molecule has 1 atom stereocenters. The van der Waals surface area contributed by atoms with Crippen molar-refractivity contribution in [2.24, 2.45) is 11.7 Å². The van der Waals surface area contributed by atoms with Crippen LogP contribution in [0.25, 0.3) is 10.9 Å². The monoisotopic (exact) mass is 331 g/mol. The molecule has 1 amide bonds. The second-order valence-corrected chi connectivity index (χ2v) is 6.40. The first-order valence-electron chi connectivity index (χ1n) is 8.22. The molecule has 0 bridgehead atoms. The lowest BCUT2D eigenvalue weighted by Gasteiger charge is -2.21. The van der Waals surface area contributed by atoms with E-state index < -0.39 is 0 Å². The van der Waals surface area contributed by atoms with Gasteiger partial charge in [-0.2, -0.15) is 0 Å². The predicted molar refractivity (Wildman–Crippen MR) is 93.5 cm³/mol. The minimum atomic E-state index is -0.224. The molecule has 24 heavy (non-hydrogen) atoms. The van der Waals surface area contributed by atoms with Gasteiger partial charge in [-0.25, -0.2) is 4.68 Å². The molecule has 0 fully saturated rings. The summed E-state index contributed by atoms with van der Waals surface area (Å²) < 4.78 is 1.24. The van der Waals surface area contributed by atoms with Crippen LogP contribution in [0.2, 0.25) is 0 Å². The Kier molecular flexibility index (Phi) is 6.03. The van der Waals surface area contributed by atoms with Crippen molar-refractivity contribution < 1.29 is 4.79 Å². The summed E-state index contributed by atoms with van der Waals surface area (Å²) in [4.78, 5) is 26.2. The minimum Gasteiger partial charge on any atom is -0.346 e. The Morgan fingerprint density at radius 1 is 1.33 bits per heavy atom. The SMILES string of the molecule is CC(C)C(N)CCN(C)C(=O)CCn1nnc2ccccc2c1=O. The normalized spacial score (nSPS) is 12.5. The number of aryl methyl sites for hydroxylation is 1. The van der Waals surface area contributed by atoms with Crippen molar-refractivity contribution in [3.05, 3.63) is 34.6 Å². The molecule has 2 aromatic rings. The highest BCUT2D eigenvalue weighted by Crippen LogP contribution is 2.06. The molecule has 1 heterocycles. The number of fused-ring (bicyclic) bond motifs is 1. The minimum absolute atomic E-state index is 0.0344. The number of nitrogens with zero attached hydrogens (tertiary/aromatic N) is 4. The maximum absolute atomic E-state index is 12.3. The third kappa shape index (κ3) is 4.38. The van der Waals surface area contributed by atoms with Crippen LogP contribution in [0.5, 0.6) is 0 Å². The van der Waals surface area contributed by atoms with Crippen molar-refractivity contribution in [3.8, 4) is 0 Å². The van der Waals surface area contributed by atoms with Gasteiger partial charge in [-0.3, -0.25) is 9.59 Å². The summed E-state index contributed by atoms with van der Waals surface area (Å²) in [7, 11) is 1.75. The van der Waals surface area contributed by atoms with Gasteiger partial charge in [0, 0.05) is 26.1 Å². The topological polar surface area (TPSA) is 94.1 Å². The standard InChI is InChI=1S/C17H25N5O2/c1-12(2)14(18)8-10-21(3)16(23)9-11-22-17(24)13-6-4-5-7-15(13)19-20-22/h4-7,12,14H,8-11,18H2,1-3H3. The third-order valence-electron chi connectivity index (χ3n) is 4.25. The Morgan fingerprint density at radius 3 is 2.75 bits per heavy atom. The van der Waals surface area contributed by atoms with E-state index in [1.54, 1.807) is 36.2 Å². The number of carbonyl (C=O) groups is 1. The largest absolute Gasteiger partial charge is 0.346 e. The van der Waals surface area contributed by atoms with Gasteiger partial charge in [0.1, 0.15) is 5.52 Å². The Morgan fingerprint density at radius 2 is 2.04 bits per heavy atom. The number of benzene rings is 1. The molecule has 7 nitrogen and oxygen atoms in total. The average Bonchev–Trinajstić information content (AvgIpc) is 2.58. The van der Waals surface area contributed by atoms with Gasteiger partial charge in [0.2, 0.25) is 5.91 Å². The van der Waals surface area contributed by atoms with E-state index in [2.05, 4.69) is 24.2 Å². The van der Waals surface area contributed by atoms with E-state index in [1.165, 1.54) is 4.68 Å². The molecule has 0 aliphatic carbocycles. The second-order valence-electron chi connectivity index (χ2n) is 6.40. The van der Waals surface area contributed by atoms with Crippen LogP contribution >= 0.6 is 0 Å². The van der Waals surface area contributed by atoms with E-state index in [-0.39, 0.29) is 30.5 Å². The van der Waals surface area contributed by atoms with Crippen LogP contribution in [0.3, 0.4) is 0 Å². The lowest BCUT2D eigenvalue weighted by molar-refractivity contribution is -0.130. The molecule has 1 unspecified atom stereocenters. The molecule has 130 valence electrons. The van der Waals surface area contributed by atoms with Gasteiger partial charge in [-0.15, -0.1) is 5.10 Å². The van der Waals surface area contributed by atoms with Gasteiger partial charge in [0.25, 0.3) is 5.56 Å². The van der Waals surface area contributed by atoms with Gasteiger partial charge in [-0.05, 0) is 24.5 Å².